The van der Waals surface area contributed by atoms with Gasteiger partial charge in [0.15, 0.2) is 0 Å². The van der Waals surface area contributed by atoms with Gasteiger partial charge in [-0.1, -0.05) is 25.5 Å². The van der Waals surface area contributed by atoms with Crippen LogP contribution < -0.4 is 5.32 Å². The van der Waals surface area contributed by atoms with E-state index in [1.54, 1.807) is 4.90 Å². The first kappa shape index (κ1) is 15.5. The van der Waals surface area contributed by atoms with Gasteiger partial charge in [-0.05, 0) is 25.2 Å². The summed E-state index contributed by atoms with van der Waals surface area (Å²) in [6.07, 6.45) is 7.71. The molecule has 0 aliphatic carbocycles. The van der Waals surface area contributed by atoms with E-state index < -0.39 is 5.97 Å². The quantitative estimate of drug-likeness (QED) is 0.696. The van der Waals surface area contributed by atoms with Crippen LogP contribution >= 0.6 is 0 Å². The molecule has 0 spiro atoms. The van der Waals surface area contributed by atoms with E-state index in [0.29, 0.717) is 25.4 Å². The van der Waals surface area contributed by atoms with E-state index in [1.807, 2.05) is 6.08 Å². The Labute approximate surface area is 114 Å². The van der Waals surface area contributed by atoms with Crippen molar-refractivity contribution in [1.82, 2.24) is 10.2 Å². The number of aliphatic carboxylic acids is 1. The molecule has 1 rings (SSSR count). The number of amides is 2. The fraction of sp³-hybridized carbons (Fsp3) is 0.714. The van der Waals surface area contributed by atoms with Crippen LogP contribution in [0.25, 0.3) is 0 Å². The highest BCUT2D eigenvalue weighted by atomic mass is 16.4. The van der Waals surface area contributed by atoms with E-state index in [-0.39, 0.29) is 12.5 Å². The van der Waals surface area contributed by atoms with Crippen LogP contribution in [0.3, 0.4) is 0 Å². The van der Waals surface area contributed by atoms with Crippen molar-refractivity contribution < 1.29 is 14.7 Å². The number of nitrogens with zero attached hydrogens (tertiary/aromatic N) is 1. The molecule has 0 radical (unpaired) electrons. The molecular weight excluding hydrogens is 244 g/mol. The Morgan fingerprint density at radius 3 is 2.74 bits per heavy atom. The fourth-order valence-electron chi connectivity index (χ4n) is 2.20. The summed E-state index contributed by atoms with van der Waals surface area (Å²) in [5.41, 5.74) is 0. The van der Waals surface area contributed by atoms with Crippen molar-refractivity contribution in [3.8, 4) is 0 Å². The molecule has 2 N–H and O–H groups in total. The Hall–Kier alpha value is -1.52. The van der Waals surface area contributed by atoms with Crippen LogP contribution in [0.1, 0.15) is 39.0 Å². The van der Waals surface area contributed by atoms with E-state index in [1.165, 1.54) is 0 Å². The zero-order valence-electron chi connectivity index (χ0n) is 11.6. The maximum absolute atomic E-state index is 11.8. The smallest absolute Gasteiger partial charge is 0.317 e. The van der Waals surface area contributed by atoms with Crippen molar-refractivity contribution in [2.24, 2.45) is 5.92 Å². The number of nitrogens with one attached hydrogen (secondary N) is 1. The molecule has 1 heterocycles. The molecule has 19 heavy (non-hydrogen) atoms. The highest BCUT2D eigenvalue weighted by Gasteiger charge is 2.14. The van der Waals surface area contributed by atoms with Crippen molar-refractivity contribution in [3.63, 3.8) is 0 Å². The first-order chi connectivity index (χ1) is 9.13. The lowest BCUT2D eigenvalue weighted by Gasteiger charge is -2.24. The largest absolute Gasteiger partial charge is 0.481 e. The third-order valence-electron chi connectivity index (χ3n) is 3.52. The zero-order chi connectivity index (χ0) is 14.1. The first-order valence-corrected chi connectivity index (χ1v) is 7.03. The molecule has 108 valence electrons. The average Bonchev–Trinajstić information content (AvgIpc) is 2.43. The molecule has 0 fully saturated rings. The Morgan fingerprint density at radius 2 is 2.16 bits per heavy atom. The van der Waals surface area contributed by atoms with Gasteiger partial charge in [0.1, 0.15) is 0 Å². The molecule has 0 bridgehead atoms. The second kappa shape index (κ2) is 8.56. The molecule has 1 aliphatic heterocycles. The van der Waals surface area contributed by atoms with Gasteiger partial charge in [0, 0.05) is 26.1 Å². The van der Waals surface area contributed by atoms with E-state index in [4.69, 9.17) is 5.11 Å². The molecule has 1 unspecified atom stereocenters. The minimum absolute atomic E-state index is 0.0163. The Bertz CT molecular complexity index is 329. The molecule has 5 heteroatoms. The SMILES string of the molecule is CCC(CCNC(=O)N1CC=CCC1)CCC(=O)O. The molecule has 0 aromatic heterocycles. The van der Waals surface area contributed by atoms with Crippen molar-refractivity contribution in [2.75, 3.05) is 19.6 Å². The standard InChI is InChI=1S/C14H24N2O3/c1-2-12(6-7-13(17)18)8-9-15-14(19)16-10-4-3-5-11-16/h3-4,12H,2,5-11H2,1H3,(H,15,19)(H,17,18). The lowest BCUT2D eigenvalue weighted by molar-refractivity contribution is -0.137. The highest BCUT2D eigenvalue weighted by Crippen LogP contribution is 2.14. The first-order valence-electron chi connectivity index (χ1n) is 7.03. The summed E-state index contributed by atoms with van der Waals surface area (Å²) in [4.78, 5) is 24.1. The van der Waals surface area contributed by atoms with Gasteiger partial charge in [0.25, 0.3) is 0 Å². The lowest BCUT2D eigenvalue weighted by Crippen LogP contribution is -2.42. The molecule has 5 nitrogen and oxygen atoms in total. The maximum Gasteiger partial charge on any atom is 0.317 e. The molecule has 2 amide bonds. The summed E-state index contributed by atoms with van der Waals surface area (Å²) in [7, 11) is 0. The number of rotatable bonds is 7. The number of carbonyl (C=O) groups excluding carboxylic acids is 1. The molecule has 1 aliphatic rings. The number of carboxylic acids is 1. The molecule has 0 saturated heterocycles. The topological polar surface area (TPSA) is 69.6 Å². The Kier molecular flexibility index (Phi) is 7.00. The van der Waals surface area contributed by atoms with Crippen molar-refractivity contribution in [1.29, 1.82) is 0 Å². The number of hydrogen-bond donors (Lipinski definition) is 2. The average molecular weight is 268 g/mol. The van der Waals surface area contributed by atoms with Gasteiger partial charge in [-0.2, -0.15) is 0 Å². The molecule has 1 atom stereocenters. The maximum atomic E-state index is 11.8. The van der Waals surface area contributed by atoms with Gasteiger partial charge in [0.2, 0.25) is 0 Å². The van der Waals surface area contributed by atoms with Gasteiger partial charge in [0.05, 0.1) is 0 Å². The summed E-state index contributed by atoms with van der Waals surface area (Å²) in [6, 6.07) is -0.0163. The monoisotopic (exact) mass is 268 g/mol. The van der Waals surface area contributed by atoms with Crippen LogP contribution in [0.15, 0.2) is 12.2 Å². The van der Waals surface area contributed by atoms with Crippen LogP contribution in [0.2, 0.25) is 0 Å². The summed E-state index contributed by atoms with van der Waals surface area (Å²) in [5, 5.41) is 11.6. The minimum atomic E-state index is -0.748. The molecule has 0 saturated carbocycles. The summed E-state index contributed by atoms with van der Waals surface area (Å²) in [5.74, 6) is -0.375. The Morgan fingerprint density at radius 1 is 1.37 bits per heavy atom. The third kappa shape index (κ3) is 6.27. The van der Waals surface area contributed by atoms with Gasteiger partial charge in [-0.15, -0.1) is 0 Å². The number of hydrogen-bond acceptors (Lipinski definition) is 2. The molecule has 0 aromatic carbocycles. The van der Waals surface area contributed by atoms with Crippen molar-refractivity contribution in [2.45, 2.75) is 39.0 Å². The molecule has 0 aromatic rings. The van der Waals surface area contributed by atoms with Crippen LogP contribution in [0.5, 0.6) is 0 Å². The number of carboxylic acid groups (broad SMARTS) is 1. The van der Waals surface area contributed by atoms with Crippen molar-refractivity contribution in [3.05, 3.63) is 12.2 Å². The van der Waals surface area contributed by atoms with E-state index in [2.05, 4.69) is 18.3 Å². The fourth-order valence-corrected chi connectivity index (χ4v) is 2.20. The second-order valence-corrected chi connectivity index (χ2v) is 4.93. The van der Waals surface area contributed by atoms with Crippen LogP contribution in [-0.2, 0) is 4.79 Å². The summed E-state index contributed by atoms with van der Waals surface area (Å²) in [6.45, 7) is 4.14. The van der Waals surface area contributed by atoms with E-state index >= 15 is 0 Å². The predicted molar refractivity (Wildman–Crippen MR) is 74.0 cm³/mol. The van der Waals surface area contributed by atoms with Gasteiger partial charge in [-0.3, -0.25) is 4.79 Å². The van der Waals surface area contributed by atoms with E-state index in [0.717, 1.165) is 25.8 Å². The normalized spacial score (nSPS) is 16.2. The second-order valence-electron chi connectivity index (χ2n) is 4.93. The highest BCUT2D eigenvalue weighted by molar-refractivity contribution is 5.74. The number of carbonyl (C=O) groups is 2. The van der Waals surface area contributed by atoms with E-state index in [9.17, 15) is 9.59 Å². The zero-order valence-corrected chi connectivity index (χ0v) is 11.6. The van der Waals surface area contributed by atoms with Gasteiger partial charge in [-0.25, -0.2) is 4.79 Å². The summed E-state index contributed by atoms with van der Waals surface area (Å²) < 4.78 is 0. The lowest BCUT2D eigenvalue weighted by atomic mass is 9.97. The van der Waals surface area contributed by atoms with Crippen LogP contribution in [-0.4, -0.2) is 41.6 Å². The Balaban J connectivity index is 2.18. The van der Waals surface area contributed by atoms with Gasteiger partial charge < -0.3 is 15.3 Å². The molecular formula is C14H24N2O3. The predicted octanol–water partition coefficient (Wildman–Crippen LogP) is 2.24. The third-order valence-corrected chi connectivity index (χ3v) is 3.52. The van der Waals surface area contributed by atoms with Gasteiger partial charge >= 0.3 is 12.0 Å². The van der Waals surface area contributed by atoms with Crippen LogP contribution in [0.4, 0.5) is 4.79 Å². The minimum Gasteiger partial charge on any atom is -0.481 e. The summed E-state index contributed by atoms with van der Waals surface area (Å²) >= 11 is 0. The van der Waals surface area contributed by atoms with Crippen molar-refractivity contribution >= 4 is 12.0 Å². The van der Waals surface area contributed by atoms with Crippen LogP contribution in [0, 0.1) is 5.92 Å². The number of urea groups is 1.